The number of nitrogens with zero attached hydrogens (tertiary/aromatic N) is 2. The van der Waals surface area contributed by atoms with Crippen molar-refractivity contribution in [3.63, 3.8) is 0 Å². The Morgan fingerprint density at radius 1 is 1.71 bits per heavy atom. The van der Waals surface area contributed by atoms with Gasteiger partial charge in [-0.3, -0.25) is 10.1 Å². The van der Waals surface area contributed by atoms with Gasteiger partial charge in [-0.25, -0.2) is 4.98 Å². The zero-order valence-corrected chi connectivity index (χ0v) is 9.63. The lowest BCUT2D eigenvalue weighted by molar-refractivity contribution is -0.384. The van der Waals surface area contributed by atoms with Gasteiger partial charge in [-0.1, -0.05) is 0 Å². The molecule has 0 bridgehead atoms. The van der Waals surface area contributed by atoms with Gasteiger partial charge in [-0.2, -0.15) is 0 Å². The van der Waals surface area contributed by atoms with Crippen molar-refractivity contribution in [1.29, 1.82) is 0 Å². The molecule has 1 fully saturated rings. The summed E-state index contributed by atoms with van der Waals surface area (Å²) >= 11 is 0. The van der Waals surface area contributed by atoms with E-state index in [1.807, 2.05) is 6.92 Å². The highest BCUT2D eigenvalue weighted by molar-refractivity contribution is 5.44. The van der Waals surface area contributed by atoms with Crippen molar-refractivity contribution in [2.75, 3.05) is 18.5 Å². The van der Waals surface area contributed by atoms with Gasteiger partial charge in [0.1, 0.15) is 5.82 Å². The maximum absolute atomic E-state index is 10.6. The number of hydrogen-bond donors (Lipinski definition) is 1. The Kier molecular flexibility index (Phi) is 3.53. The molecule has 1 aromatic heterocycles. The molecule has 2 unspecified atom stereocenters. The number of rotatable bonds is 4. The molecule has 0 spiro atoms. The predicted molar refractivity (Wildman–Crippen MR) is 62.9 cm³/mol. The first kappa shape index (κ1) is 11.8. The Hall–Kier alpha value is -1.69. The van der Waals surface area contributed by atoms with Crippen LogP contribution in [0.5, 0.6) is 0 Å². The third-order valence-corrected chi connectivity index (χ3v) is 3.00. The lowest BCUT2D eigenvalue weighted by Gasteiger charge is -2.19. The van der Waals surface area contributed by atoms with E-state index in [9.17, 15) is 10.1 Å². The third kappa shape index (κ3) is 2.91. The minimum Gasteiger partial charge on any atom is -0.381 e. The Morgan fingerprint density at radius 3 is 3.18 bits per heavy atom. The van der Waals surface area contributed by atoms with Crippen molar-refractivity contribution in [3.05, 3.63) is 28.4 Å². The fraction of sp³-hybridized carbons (Fsp3) is 0.545. The molecule has 2 heterocycles. The highest BCUT2D eigenvalue weighted by Gasteiger charge is 2.22. The number of hydrogen-bond acceptors (Lipinski definition) is 5. The van der Waals surface area contributed by atoms with Crippen LogP contribution in [0.1, 0.15) is 13.3 Å². The van der Waals surface area contributed by atoms with Crippen LogP contribution in [0.3, 0.4) is 0 Å². The number of nitrogens with one attached hydrogen (secondary N) is 1. The molecular weight excluding hydrogens is 222 g/mol. The summed E-state index contributed by atoms with van der Waals surface area (Å²) in [6.07, 6.45) is 2.46. The first-order valence-electron chi connectivity index (χ1n) is 5.61. The van der Waals surface area contributed by atoms with Gasteiger partial charge in [0.25, 0.3) is 5.69 Å². The van der Waals surface area contributed by atoms with E-state index in [0.717, 1.165) is 19.6 Å². The van der Waals surface area contributed by atoms with Crippen LogP contribution in [0, 0.1) is 16.0 Å². The molecule has 6 nitrogen and oxygen atoms in total. The summed E-state index contributed by atoms with van der Waals surface area (Å²) in [5.41, 5.74) is 0.0531. The van der Waals surface area contributed by atoms with Crippen molar-refractivity contribution in [2.24, 2.45) is 5.92 Å². The van der Waals surface area contributed by atoms with Crippen LogP contribution in [0.2, 0.25) is 0 Å². The second kappa shape index (κ2) is 5.09. The van der Waals surface area contributed by atoms with Crippen molar-refractivity contribution in [1.82, 2.24) is 4.98 Å². The number of pyridine rings is 1. The summed E-state index contributed by atoms with van der Waals surface area (Å²) in [5.74, 6) is 0.981. The lowest BCUT2D eigenvalue weighted by atomic mass is 10.0. The van der Waals surface area contributed by atoms with Crippen LogP contribution < -0.4 is 5.32 Å². The van der Waals surface area contributed by atoms with Gasteiger partial charge in [-0.05, 0) is 13.3 Å². The summed E-state index contributed by atoms with van der Waals surface area (Å²) in [7, 11) is 0. The molecule has 0 amide bonds. The number of aromatic nitrogens is 1. The second-order valence-electron chi connectivity index (χ2n) is 4.21. The maximum Gasteiger partial charge on any atom is 0.274 e. The smallest absolute Gasteiger partial charge is 0.274 e. The van der Waals surface area contributed by atoms with Crippen molar-refractivity contribution in [3.8, 4) is 0 Å². The van der Waals surface area contributed by atoms with Crippen LogP contribution in [0.25, 0.3) is 0 Å². The van der Waals surface area contributed by atoms with E-state index >= 15 is 0 Å². The van der Waals surface area contributed by atoms with E-state index in [1.54, 1.807) is 0 Å². The minimum absolute atomic E-state index is 0.0531. The molecule has 6 heteroatoms. The van der Waals surface area contributed by atoms with Crippen molar-refractivity contribution < 1.29 is 9.66 Å². The molecule has 1 aromatic rings. The first-order valence-corrected chi connectivity index (χ1v) is 5.61. The molecule has 1 N–H and O–H groups in total. The van der Waals surface area contributed by atoms with E-state index in [0.29, 0.717) is 11.7 Å². The van der Waals surface area contributed by atoms with E-state index < -0.39 is 4.92 Å². The maximum atomic E-state index is 10.6. The topological polar surface area (TPSA) is 77.3 Å². The van der Waals surface area contributed by atoms with Crippen LogP contribution in [-0.4, -0.2) is 29.2 Å². The normalized spacial score (nSPS) is 21.1. The minimum atomic E-state index is -0.420. The summed E-state index contributed by atoms with van der Waals surface area (Å²) in [4.78, 5) is 14.3. The Balaban J connectivity index is 2.02. The van der Waals surface area contributed by atoms with Gasteiger partial charge in [0, 0.05) is 30.8 Å². The van der Waals surface area contributed by atoms with Crippen LogP contribution in [0.15, 0.2) is 18.3 Å². The fourth-order valence-electron chi connectivity index (χ4n) is 1.91. The molecule has 2 rings (SSSR count). The molecule has 0 aromatic carbocycles. The zero-order valence-electron chi connectivity index (χ0n) is 9.63. The summed E-state index contributed by atoms with van der Waals surface area (Å²) in [6, 6.07) is 3.04. The van der Waals surface area contributed by atoms with Gasteiger partial charge in [0.05, 0.1) is 17.6 Å². The highest BCUT2D eigenvalue weighted by Crippen LogP contribution is 2.21. The van der Waals surface area contributed by atoms with Crippen LogP contribution in [0.4, 0.5) is 11.5 Å². The predicted octanol–water partition coefficient (Wildman–Crippen LogP) is 1.83. The monoisotopic (exact) mass is 237 g/mol. The SMILES string of the molecule is CC(Nc1cc([N+](=O)[O-])ccn1)C1CCOC1. The standard InChI is InChI=1S/C11H15N3O3/c1-8(9-3-5-17-7-9)13-11-6-10(14(15)16)2-4-12-11/h2,4,6,8-9H,3,5,7H2,1H3,(H,12,13). The number of anilines is 1. The van der Waals surface area contributed by atoms with E-state index in [4.69, 9.17) is 4.74 Å². The summed E-state index contributed by atoms with van der Waals surface area (Å²) < 4.78 is 5.31. The summed E-state index contributed by atoms with van der Waals surface area (Å²) in [5, 5.41) is 13.8. The molecule has 1 aliphatic rings. The molecule has 2 atom stereocenters. The molecule has 1 aliphatic heterocycles. The zero-order chi connectivity index (χ0) is 12.3. The van der Waals surface area contributed by atoms with Gasteiger partial charge in [0.15, 0.2) is 0 Å². The van der Waals surface area contributed by atoms with Crippen molar-refractivity contribution >= 4 is 11.5 Å². The second-order valence-corrected chi connectivity index (χ2v) is 4.21. The van der Waals surface area contributed by atoms with Gasteiger partial charge < -0.3 is 10.1 Å². The quantitative estimate of drug-likeness (QED) is 0.638. The summed E-state index contributed by atoms with van der Waals surface area (Å²) in [6.45, 7) is 3.57. The molecule has 1 saturated heterocycles. The van der Waals surface area contributed by atoms with Gasteiger partial charge in [-0.15, -0.1) is 0 Å². The Morgan fingerprint density at radius 2 is 2.53 bits per heavy atom. The van der Waals surface area contributed by atoms with Crippen LogP contribution in [-0.2, 0) is 4.74 Å². The number of nitro groups is 1. The van der Waals surface area contributed by atoms with Gasteiger partial charge in [0.2, 0.25) is 0 Å². The fourth-order valence-corrected chi connectivity index (χ4v) is 1.91. The van der Waals surface area contributed by atoms with Crippen LogP contribution >= 0.6 is 0 Å². The van der Waals surface area contributed by atoms with E-state index in [2.05, 4.69) is 10.3 Å². The first-order chi connectivity index (χ1) is 8.16. The average molecular weight is 237 g/mol. The largest absolute Gasteiger partial charge is 0.381 e. The lowest BCUT2D eigenvalue weighted by Crippen LogP contribution is -2.26. The van der Waals surface area contributed by atoms with Gasteiger partial charge >= 0.3 is 0 Å². The van der Waals surface area contributed by atoms with E-state index in [1.165, 1.54) is 18.3 Å². The Bertz CT molecular complexity index is 405. The van der Waals surface area contributed by atoms with E-state index in [-0.39, 0.29) is 11.7 Å². The molecule has 0 radical (unpaired) electrons. The van der Waals surface area contributed by atoms with Crippen molar-refractivity contribution in [2.45, 2.75) is 19.4 Å². The molecule has 0 saturated carbocycles. The Labute approximate surface area is 99.2 Å². The molecule has 0 aliphatic carbocycles. The molecule has 92 valence electrons. The third-order valence-electron chi connectivity index (χ3n) is 3.00. The number of ether oxygens (including phenoxy) is 1. The average Bonchev–Trinajstić information content (AvgIpc) is 2.82. The highest BCUT2D eigenvalue weighted by atomic mass is 16.6. The molecule has 17 heavy (non-hydrogen) atoms. The molecular formula is C11H15N3O3.